The normalized spacial score (nSPS) is 14.3. The molecular formula is C16H30IN3O2S. The average Bonchev–Trinajstić information content (AvgIpc) is 2.99. The van der Waals surface area contributed by atoms with E-state index in [-0.39, 0.29) is 24.0 Å². The molecule has 3 N–H and O–H groups in total. The van der Waals surface area contributed by atoms with Crippen molar-refractivity contribution in [1.82, 2.24) is 10.6 Å². The lowest BCUT2D eigenvalue weighted by Crippen LogP contribution is -2.40. The summed E-state index contributed by atoms with van der Waals surface area (Å²) >= 11 is 1.58. The summed E-state index contributed by atoms with van der Waals surface area (Å²) in [5.41, 5.74) is -0.0476. The zero-order valence-corrected chi connectivity index (χ0v) is 17.6. The van der Waals surface area contributed by atoms with E-state index in [0.717, 1.165) is 18.7 Å². The van der Waals surface area contributed by atoms with Crippen LogP contribution in [0.4, 0.5) is 0 Å². The van der Waals surface area contributed by atoms with Crippen molar-refractivity contribution in [3.63, 3.8) is 0 Å². The standard InChI is InChI=1S/C16H29N3O2S.HI/c1-5-17-15(18-7-8-21-10-13(2)3)19-12-16(4,20)14-6-9-22-11-14;/h6,9,11,13,20H,5,7-8,10,12H2,1-4H3,(H2,17,18,19);1H. The summed E-state index contributed by atoms with van der Waals surface area (Å²) in [7, 11) is 0. The Labute approximate surface area is 160 Å². The quantitative estimate of drug-likeness (QED) is 0.232. The summed E-state index contributed by atoms with van der Waals surface area (Å²) in [5, 5.41) is 20.8. The van der Waals surface area contributed by atoms with Crippen molar-refractivity contribution in [1.29, 1.82) is 0 Å². The molecule has 5 nitrogen and oxygen atoms in total. The molecular weight excluding hydrogens is 425 g/mol. The van der Waals surface area contributed by atoms with E-state index in [1.165, 1.54) is 0 Å². The highest BCUT2D eigenvalue weighted by molar-refractivity contribution is 14.0. The van der Waals surface area contributed by atoms with Crippen LogP contribution in [0.1, 0.15) is 33.3 Å². The number of hydrogen-bond donors (Lipinski definition) is 3. The van der Waals surface area contributed by atoms with Gasteiger partial charge in [0.05, 0.1) is 13.2 Å². The average molecular weight is 455 g/mol. The van der Waals surface area contributed by atoms with Gasteiger partial charge in [0.15, 0.2) is 5.96 Å². The zero-order valence-electron chi connectivity index (χ0n) is 14.5. The monoisotopic (exact) mass is 455 g/mol. The second-order valence-corrected chi connectivity index (χ2v) is 6.66. The molecule has 0 saturated heterocycles. The Hall–Kier alpha value is -0.380. The number of nitrogens with zero attached hydrogens (tertiary/aromatic N) is 1. The molecule has 0 aliphatic carbocycles. The van der Waals surface area contributed by atoms with Gasteiger partial charge in [-0.1, -0.05) is 13.8 Å². The van der Waals surface area contributed by atoms with Gasteiger partial charge in [-0.05, 0) is 42.2 Å². The summed E-state index contributed by atoms with van der Waals surface area (Å²) in [5.74, 6) is 1.24. The maximum atomic E-state index is 10.5. The number of hydrogen-bond acceptors (Lipinski definition) is 4. The molecule has 1 aromatic heterocycles. The third-order valence-corrected chi connectivity index (χ3v) is 3.71. The van der Waals surface area contributed by atoms with Gasteiger partial charge in [-0.2, -0.15) is 11.3 Å². The van der Waals surface area contributed by atoms with Crippen molar-refractivity contribution in [2.45, 2.75) is 33.3 Å². The van der Waals surface area contributed by atoms with E-state index in [4.69, 9.17) is 4.74 Å². The van der Waals surface area contributed by atoms with Gasteiger partial charge in [0, 0.05) is 19.7 Å². The Morgan fingerprint density at radius 2 is 2.17 bits per heavy atom. The third-order valence-electron chi connectivity index (χ3n) is 3.02. The summed E-state index contributed by atoms with van der Waals surface area (Å²) in [6.07, 6.45) is 0. The molecule has 0 radical (unpaired) electrons. The Bertz CT molecular complexity index is 437. The minimum atomic E-state index is -0.948. The number of nitrogens with one attached hydrogen (secondary N) is 2. The first kappa shape index (κ1) is 22.6. The minimum Gasteiger partial charge on any atom is -0.383 e. The maximum Gasteiger partial charge on any atom is 0.191 e. The van der Waals surface area contributed by atoms with Crippen LogP contribution in [0.15, 0.2) is 21.8 Å². The summed E-state index contributed by atoms with van der Waals surface area (Å²) in [6, 6.07) is 1.93. The zero-order chi connectivity index (χ0) is 16.4. The predicted molar refractivity (Wildman–Crippen MR) is 109 cm³/mol. The smallest absolute Gasteiger partial charge is 0.191 e. The number of aliphatic imine (C=N–C) groups is 1. The Balaban J connectivity index is 0.00000484. The molecule has 7 heteroatoms. The second kappa shape index (κ2) is 12.0. The fourth-order valence-corrected chi connectivity index (χ4v) is 2.58. The van der Waals surface area contributed by atoms with Crippen LogP contribution in [-0.4, -0.2) is 43.9 Å². The first-order valence-corrected chi connectivity index (χ1v) is 8.75. The molecule has 1 unspecified atom stereocenters. The van der Waals surface area contributed by atoms with E-state index in [9.17, 15) is 5.11 Å². The Kier molecular flexibility index (Phi) is 11.9. The maximum absolute atomic E-state index is 10.5. The van der Waals surface area contributed by atoms with Crippen molar-refractivity contribution in [2.75, 3.05) is 32.8 Å². The molecule has 0 bridgehead atoms. The molecule has 0 spiro atoms. The number of aliphatic hydroxyl groups is 1. The predicted octanol–water partition coefficient (Wildman–Crippen LogP) is 2.80. The van der Waals surface area contributed by atoms with Gasteiger partial charge < -0.3 is 20.5 Å². The lowest BCUT2D eigenvalue weighted by atomic mass is 10.00. The van der Waals surface area contributed by atoms with E-state index in [1.54, 1.807) is 18.3 Å². The van der Waals surface area contributed by atoms with Gasteiger partial charge in [-0.3, -0.25) is 0 Å². The van der Waals surface area contributed by atoms with Crippen LogP contribution in [0.3, 0.4) is 0 Å². The van der Waals surface area contributed by atoms with Gasteiger partial charge >= 0.3 is 0 Å². The fourth-order valence-electron chi connectivity index (χ4n) is 1.80. The summed E-state index contributed by atoms with van der Waals surface area (Å²) in [6.45, 7) is 11.3. The van der Waals surface area contributed by atoms with Crippen LogP contribution in [0.5, 0.6) is 0 Å². The molecule has 1 rings (SSSR count). The SMILES string of the molecule is CCNC(=NCC(C)(O)c1ccsc1)NCCOCC(C)C.I. The molecule has 0 aromatic carbocycles. The number of ether oxygens (including phenoxy) is 1. The Morgan fingerprint density at radius 3 is 2.74 bits per heavy atom. The molecule has 0 fully saturated rings. The fraction of sp³-hybridized carbons (Fsp3) is 0.688. The minimum absolute atomic E-state index is 0. The highest BCUT2D eigenvalue weighted by atomic mass is 127. The molecule has 134 valence electrons. The van der Waals surface area contributed by atoms with Gasteiger partial charge in [0.1, 0.15) is 5.60 Å². The van der Waals surface area contributed by atoms with E-state index in [1.807, 2.05) is 23.8 Å². The van der Waals surface area contributed by atoms with Crippen LogP contribution < -0.4 is 10.6 Å². The Morgan fingerprint density at radius 1 is 1.43 bits per heavy atom. The van der Waals surface area contributed by atoms with Gasteiger partial charge in [0.25, 0.3) is 0 Å². The highest BCUT2D eigenvalue weighted by Crippen LogP contribution is 2.23. The van der Waals surface area contributed by atoms with Crippen molar-refractivity contribution >= 4 is 41.3 Å². The molecule has 0 saturated carbocycles. The van der Waals surface area contributed by atoms with Gasteiger partial charge in [-0.25, -0.2) is 4.99 Å². The van der Waals surface area contributed by atoms with Crippen LogP contribution in [0.25, 0.3) is 0 Å². The van der Waals surface area contributed by atoms with Crippen molar-refractivity contribution in [3.8, 4) is 0 Å². The number of guanidine groups is 1. The van der Waals surface area contributed by atoms with E-state index in [2.05, 4.69) is 29.5 Å². The largest absolute Gasteiger partial charge is 0.383 e. The molecule has 23 heavy (non-hydrogen) atoms. The first-order valence-electron chi connectivity index (χ1n) is 7.80. The van der Waals surface area contributed by atoms with Crippen molar-refractivity contribution in [3.05, 3.63) is 22.4 Å². The molecule has 1 aromatic rings. The number of rotatable bonds is 9. The summed E-state index contributed by atoms with van der Waals surface area (Å²) in [4.78, 5) is 4.47. The lowest BCUT2D eigenvalue weighted by molar-refractivity contribution is 0.0677. The van der Waals surface area contributed by atoms with Gasteiger partial charge in [-0.15, -0.1) is 24.0 Å². The van der Waals surface area contributed by atoms with E-state index in [0.29, 0.717) is 31.6 Å². The summed E-state index contributed by atoms with van der Waals surface area (Å²) < 4.78 is 5.53. The van der Waals surface area contributed by atoms with Crippen LogP contribution >= 0.6 is 35.3 Å². The van der Waals surface area contributed by atoms with E-state index >= 15 is 0 Å². The first-order chi connectivity index (χ1) is 10.5. The van der Waals surface area contributed by atoms with E-state index < -0.39 is 5.60 Å². The lowest BCUT2D eigenvalue weighted by Gasteiger charge is -2.21. The van der Waals surface area contributed by atoms with Crippen LogP contribution in [0.2, 0.25) is 0 Å². The number of halogens is 1. The van der Waals surface area contributed by atoms with Crippen LogP contribution in [-0.2, 0) is 10.3 Å². The molecule has 0 aliphatic rings. The highest BCUT2D eigenvalue weighted by Gasteiger charge is 2.23. The topological polar surface area (TPSA) is 65.9 Å². The second-order valence-electron chi connectivity index (χ2n) is 5.88. The van der Waals surface area contributed by atoms with Gasteiger partial charge in [0.2, 0.25) is 0 Å². The molecule has 0 aliphatic heterocycles. The third kappa shape index (κ3) is 9.49. The van der Waals surface area contributed by atoms with Crippen LogP contribution in [0, 0.1) is 5.92 Å². The number of thiophene rings is 1. The van der Waals surface area contributed by atoms with Crippen molar-refractivity contribution in [2.24, 2.45) is 10.9 Å². The van der Waals surface area contributed by atoms with Crippen molar-refractivity contribution < 1.29 is 9.84 Å². The molecule has 0 amide bonds. The molecule has 1 atom stereocenters. The molecule has 1 heterocycles.